The van der Waals surface area contributed by atoms with Gasteiger partial charge in [-0.05, 0) is 72.4 Å². The second-order valence-electron chi connectivity index (χ2n) is 9.26. The van der Waals surface area contributed by atoms with E-state index in [9.17, 15) is 13.7 Å². The van der Waals surface area contributed by atoms with E-state index in [0.29, 0.717) is 0 Å². The molecule has 0 unspecified atom stereocenters. The van der Waals surface area contributed by atoms with Gasteiger partial charge in [-0.1, -0.05) is 145 Å². The van der Waals surface area contributed by atoms with Gasteiger partial charge in [-0.3, -0.25) is 0 Å². The summed E-state index contributed by atoms with van der Waals surface area (Å²) in [5.41, 5.74) is -5.55. The van der Waals surface area contributed by atoms with Crippen LogP contribution in [-0.2, 0) is 0 Å². The Labute approximate surface area is 285 Å². The van der Waals surface area contributed by atoms with Crippen LogP contribution in [0.1, 0.15) is 35.6 Å². The van der Waals surface area contributed by atoms with Crippen LogP contribution in [0.5, 0.6) is 0 Å². The highest BCUT2D eigenvalue weighted by atomic mass is 16.3. The monoisotopic (exact) mass is 572 g/mol. The molecule has 9 rings (SSSR count). The molecule has 0 saturated heterocycles. The van der Waals surface area contributed by atoms with Crippen molar-refractivity contribution in [2.24, 2.45) is 0 Å². The molecule has 8 aromatic carbocycles. The van der Waals surface area contributed by atoms with Crippen LogP contribution in [0.15, 0.2) is 162 Å². The fourth-order valence-electron chi connectivity index (χ4n) is 5.22. The van der Waals surface area contributed by atoms with Crippen LogP contribution in [-0.4, -0.2) is 0 Å². The molecule has 0 saturated carbocycles. The third-order valence-corrected chi connectivity index (χ3v) is 7.00. The third kappa shape index (κ3) is 3.65. The Morgan fingerprint density at radius 2 is 0.930 bits per heavy atom. The van der Waals surface area contributed by atoms with Gasteiger partial charge in [-0.2, -0.15) is 0 Å². The zero-order chi connectivity index (χ0) is 51.0. The van der Waals surface area contributed by atoms with Crippen molar-refractivity contribution in [1.29, 1.82) is 0 Å². The van der Waals surface area contributed by atoms with E-state index < -0.39 is 245 Å². The maximum absolute atomic E-state index is 9.47. The molecule has 0 aliphatic carbocycles. The molecule has 0 N–H and O–H groups in total. The SMILES string of the molecule is [2H]c1c([2H])c([2H])c(-c2c([2H])c([2H])c(-c3c4c([2H])c([2H])c([2H])c([2H])c4c(-c4c([2H])c([2H])c([2H])c5oc6c7c([2H])c([2H])c([2H])c([2H])c7c([2H])c([2H])c6c45)c4c([2H])c([2H])c([2H])c([2H])c34)c([2H])c2[2H])c([2H])c1[2H]. The Balaban J connectivity index is 1.61. The molecule has 0 bridgehead atoms. The first kappa shape index (κ1) is 9.69. The predicted octanol–water partition coefficient (Wildman–Crippen LogP) is 12.0. The van der Waals surface area contributed by atoms with Crippen molar-refractivity contribution in [2.45, 2.75) is 0 Å². The average molecular weight is 573 g/mol. The summed E-state index contributed by atoms with van der Waals surface area (Å²) >= 11 is 0. The maximum Gasteiger partial charge on any atom is 0.143 e. The normalized spacial score (nSPS) is 20.2. The average Bonchev–Trinajstić information content (AvgIpc) is 3.72. The first-order valence-corrected chi connectivity index (χ1v) is 12.7. The van der Waals surface area contributed by atoms with Crippen molar-refractivity contribution in [3.05, 3.63) is 157 Å². The lowest BCUT2D eigenvalue weighted by Crippen LogP contribution is -1.91. The number of rotatable bonds is 3. The van der Waals surface area contributed by atoms with Crippen LogP contribution in [0.3, 0.4) is 0 Å². The minimum atomic E-state index is -1.05. The maximum atomic E-state index is 9.47. The van der Waals surface area contributed by atoms with Crippen LogP contribution in [0.25, 0.3) is 87.6 Å². The standard InChI is InChI=1S/C42H26O/c1-2-11-27(12-3-1)28-21-23-30(24-22-28)39-32-15-6-8-17-34(32)40(35-18-9-7-16-33(35)39)36-19-10-20-38-41(36)37-26-25-29-13-4-5-14-31(29)42(37)43-38/h1-26H/i1D,2D,3D,4D,5D,6D,7D,8D,9D,10D,11D,12D,13D,14D,15D,16D,17D,18D,19D,20D,21D,22D,23D,24D,25D,26D. The quantitative estimate of drug-likeness (QED) is 0.192. The summed E-state index contributed by atoms with van der Waals surface area (Å²) in [6.45, 7) is 0. The Kier molecular flexibility index (Phi) is 2.13. The van der Waals surface area contributed by atoms with Crippen molar-refractivity contribution in [2.75, 3.05) is 0 Å². The van der Waals surface area contributed by atoms with Crippen LogP contribution in [0.2, 0.25) is 0 Å². The minimum absolute atomic E-state index is 0.444. The molecule has 200 valence electrons. The van der Waals surface area contributed by atoms with Crippen molar-refractivity contribution in [3.63, 3.8) is 0 Å². The highest BCUT2D eigenvalue weighted by Crippen LogP contribution is 2.47. The van der Waals surface area contributed by atoms with Crippen molar-refractivity contribution < 1.29 is 40.1 Å². The summed E-state index contributed by atoms with van der Waals surface area (Å²) in [4.78, 5) is 0. The highest BCUT2D eigenvalue weighted by molar-refractivity contribution is 6.27. The van der Waals surface area contributed by atoms with Crippen LogP contribution in [0, 0.1) is 0 Å². The van der Waals surface area contributed by atoms with Crippen molar-refractivity contribution in [1.82, 2.24) is 0 Å². The molecule has 0 fully saturated rings. The summed E-state index contributed by atoms with van der Waals surface area (Å²) < 4.78 is 237. The Hall–Kier alpha value is -5.66. The van der Waals surface area contributed by atoms with E-state index in [-0.39, 0.29) is 0 Å². The van der Waals surface area contributed by atoms with Gasteiger partial charge in [0.2, 0.25) is 0 Å². The first-order chi connectivity index (χ1) is 32.2. The zero-order valence-corrected chi connectivity index (χ0v) is 21.4. The van der Waals surface area contributed by atoms with E-state index in [1.807, 2.05) is 0 Å². The van der Waals surface area contributed by atoms with Crippen molar-refractivity contribution in [3.8, 4) is 33.4 Å². The van der Waals surface area contributed by atoms with Gasteiger partial charge in [-0.25, -0.2) is 0 Å². The number of furan rings is 1. The summed E-state index contributed by atoms with van der Waals surface area (Å²) in [5, 5.41) is -4.77. The molecule has 1 aromatic heterocycles. The molecule has 0 spiro atoms. The van der Waals surface area contributed by atoms with Crippen LogP contribution < -0.4 is 0 Å². The molecule has 0 amide bonds. The molecule has 1 nitrogen and oxygen atoms in total. The Bertz CT molecular complexity index is 3830. The number of hydrogen-bond acceptors (Lipinski definition) is 1. The minimum Gasteiger partial charge on any atom is -0.455 e. The van der Waals surface area contributed by atoms with Gasteiger partial charge in [0.05, 0.1) is 35.6 Å². The Morgan fingerprint density at radius 3 is 1.63 bits per heavy atom. The van der Waals surface area contributed by atoms with Gasteiger partial charge in [0, 0.05) is 16.2 Å². The van der Waals surface area contributed by atoms with E-state index in [1.54, 1.807) is 0 Å². The third-order valence-electron chi connectivity index (χ3n) is 7.00. The largest absolute Gasteiger partial charge is 0.455 e. The van der Waals surface area contributed by atoms with E-state index in [1.165, 1.54) is 0 Å². The predicted molar refractivity (Wildman–Crippen MR) is 183 cm³/mol. The molecule has 0 aliphatic rings. The first-order valence-electron chi connectivity index (χ1n) is 25.7. The van der Waals surface area contributed by atoms with Gasteiger partial charge in [0.1, 0.15) is 11.2 Å². The molecule has 0 atom stereocenters. The molecule has 1 heterocycles. The second kappa shape index (κ2) is 9.44. The molecule has 0 radical (unpaired) electrons. The molecule has 9 aromatic rings. The van der Waals surface area contributed by atoms with Crippen LogP contribution >= 0.6 is 0 Å². The number of benzene rings is 8. The van der Waals surface area contributed by atoms with Crippen molar-refractivity contribution >= 4 is 54.3 Å². The smallest absolute Gasteiger partial charge is 0.143 e. The van der Waals surface area contributed by atoms with Gasteiger partial charge >= 0.3 is 0 Å². The molecule has 43 heavy (non-hydrogen) atoms. The van der Waals surface area contributed by atoms with E-state index >= 15 is 0 Å². The van der Waals surface area contributed by atoms with Gasteiger partial charge in [0.25, 0.3) is 0 Å². The lowest BCUT2D eigenvalue weighted by Gasteiger charge is -2.18. The number of hydrogen-bond donors (Lipinski definition) is 0. The number of fused-ring (bicyclic) bond motifs is 7. The van der Waals surface area contributed by atoms with E-state index in [0.717, 1.165) is 0 Å². The molecule has 1 heteroatoms. The lowest BCUT2D eigenvalue weighted by atomic mass is 9.84. The topological polar surface area (TPSA) is 13.1 Å². The van der Waals surface area contributed by atoms with Gasteiger partial charge in [0.15, 0.2) is 0 Å². The zero-order valence-electron chi connectivity index (χ0n) is 47.4. The summed E-state index contributed by atoms with van der Waals surface area (Å²) in [6, 6.07) is -23.6. The second-order valence-corrected chi connectivity index (χ2v) is 9.26. The summed E-state index contributed by atoms with van der Waals surface area (Å²) in [5.74, 6) is 0. The highest BCUT2D eigenvalue weighted by Gasteiger charge is 2.20. The fourth-order valence-corrected chi connectivity index (χ4v) is 5.22. The fraction of sp³-hybridized carbons (Fsp3) is 0. The molecular formula is C42H26O. The van der Waals surface area contributed by atoms with Gasteiger partial charge in [-0.15, -0.1) is 0 Å². The molecule has 0 aliphatic heterocycles. The van der Waals surface area contributed by atoms with E-state index in [4.69, 9.17) is 26.3 Å². The summed E-state index contributed by atoms with van der Waals surface area (Å²) in [7, 11) is 0. The Morgan fingerprint density at radius 1 is 0.372 bits per heavy atom. The lowest BCUT2D eigenvalue weighted by molar-refractivity contribution is 0.673. The molecular weight excluding hydrogens is 520 g/mol. The summed E-state index contributed by atoms with van der Waals surface area (Å²) in [6.07, 6.45) is 0. The van der Waals surface area contributed by atoms with Crippen LogP contribution in [0.4, 0.5) is 0 Å². The van der Waals surface area contributed by atoms with E-state index in [2.05, 4.69) is 0 Å². The van der Waals surface area contributed by atoms with Gasteiger partial charge < -0.3 is 4.42 Å².